The zero-order chi connectivity index (χ0) is 13.1. The van der Waals surface area contributed by atoms with Crippen LogP contribution in [-0.2, 0) is 6.54 Å². The second kappa shape index (κ2) is 5.64. The van der Waals surface area contributed by atoms with Crippen molar-refractivity contribution in [1.29, 1.82) is 0 Å². The molecule has 1 unspecified atom stereocenters. The van der Waals surface area contributed by atoms with Crippen LogP contribution >= 0.6 is 0 Å². The molecular weight excluding hydrogens is 234 g/mol. The summed E-state index contributed by atoms with van der Waals surface area (Å²) in [5.74, 6) is 0. The van der Waals surface area contributed by atoms with Gasteiger partial charge < -0.3 is 5.11 Å². The summed E-state index contributed by atoms with van der Waals surface area (Å²) in [4.78, 5) is 2.63. The van der Waals surface area contributed by atoms with Gasteiger partial charge in [-0.05, 0) is 37.8 Å². The summed E-state index contributed by atoms with van der Waals surface area (Å²) in [5, 5.41) is 9.85. The zero-order valence-electron chi connectivity index (χ0n) is 11.7. The summed E-state index contributed by atoms with van der Waals surface area (Å²) in [6.07, 6.45) is 7.66. The summed E-state index contributed by atoms with van der Waals surface area (Å²) in [7, 11) is 0. The average molecular weight is 259 g/mol. The highest BCUT2D eigenvalue weighted by molar-refractivity contribution is 5.15. The summed E-state index contributed by atoms with van der Waals surface area (Å²) in [6.45, 7) is 2.62. The van der Waals surface area contributed by atoms with Crippen LogP contribution in [0.2, 0.25) is 0 Å². The maximum absolute atomic E-state index is 9.85. The lowest BCUT2D eigenvalue weighted by Gasteiger charge is -2.52. The van der Waals surface area contributed by atoms with Crippen LogP contribution < -0.4 is 0 Å². The largest absolute Gasteiger partial charge is 0.396 e. The smallest absolute Gasteiger partial charge is 0.0502 e. The Morgan fingerprint density at radius 3 is 2.53 bits per heavy atom. The van der Waals surface area contributed by atoms with E-state index in [2.05, 4.69) is 35.2 Å². The van der Waals surface area contributed by atoms with Crippen molar-refractivity contribution >= 4 is 0 Å². The van der Waals surface area contributed by atoms with Gasteiger partial charge in [-0.2, -0.15) is 0 Å². The van der Waals surface area contributed by atoms with Crippen molar-refractivity contribution in [1.82, 2.24) is 4.90 Å². The van der Waals surface area contributed by atoms with Gasteiger partial charge in [-0.3, -0.25) is 4.90 Å². The van der Waals surface area contributed by atoms with Gasteiger partial charge in [0.25, 0.3) is 0 Å². The Bertz CT molecular complexity index is 393. The lowest BCUT2D eigenvalue weighted by molar-refractivity contribution is -0.0623. The minimum Gasteiger partial charge on any atom is -0.396 e. The third kappa shape index (κ3) is 2.56. The highest BCUT2D eigenvalue weighted by Crippen LogP contribution is 2.48. The molecule has 2 aliphatic rings. The average Bonchev–Trinajstić information content (AvgIpc) is 2.41. The van der Waals surface area contributed by atoms with Crippen LogP contribution in [0.1, 0.15) is 44.1 Å². The molecule has 1 aromatic carbocycles. The number of aliphatic hydroxyl groups is 1. The minimum absolute atomic E-state index is 0.217. The lowest BCUT2D eigenvalue weighted by Crippen LogP contribution is -2.55. The van der Waals surface area contributed by atoms with Crippen LogP contribution in [0.4, 0.5) is 0 Å². The molecule has 1 saturated heterocycles. The highest BCUT2D eigenvalue weighted by atomic mass is 16.3. The highest BCUT2D eigenvalue weighted by Gasteiger charge is 2.46. The van der Waals surface area contributed by atoms with Crippen molar-refractivity contribution < 1.29 is 5.11 Å². The minimum atomic E-state index is 0.217. The molecule has 3 rings (SSSR count). The van der Waals surface area contributed by atoms with Crippen LogP contribution in [0.3, 0.4) is 0 Å². The Labute approximate surface area is 116 Å². The number of aliphatic hydroxyl groups excluding tert-OH is 1. The van der Waals surface area contributed by atoms with Gasteiger partial charge in [0.15, 0.2) is 0 Å². The predicted molar refractivity (Wildman–Crippen MR) is 77.9 cm³/mol. The van der Waals surface area contributed by atoms with Gasteiger partial charge in [0.1, 0.15) is 0 Å². The van der Waals surface area contributed by atoms with E-state index in [4.69, 9.17) is 0 Å². The van der Waals surface area contributed by atoms with Gasteiger partial charge in [-0.25, -0.2) is 0 Å². The van der Waals surface area contributed by atoms with Crippen molar-refractivity contribution in [3.8, 4) is 0 Å². The van der Waals surface area contributed by atoms with Crippen LogP contribution in [0, 0.1) is 5.41 Å². The molecule has 0 aromatic heterocycles. The molecule has 2 heteroatoms. The van der Waals surface area contributed by atoms with E-state index in [0.29, 0.717) is 12.6 Å². The van der Waals surface area contributed by atoms with Gasteiger partial charge in [0.05, 0.1) is 6.61 Å². The molecule has 104 valence electrons. The van der Waals surface area contributed by atoms with E-state index in [1.807, 2.05) is 0 Å². The number of hydrogen-bond donors (Lipinski definition) is 1. The third-order valence-electron chi connectivity index (χ3n) is 5.21. The van der Waals surface area contributed by atoms with Crippen molar-refractivity contribution in [3.63, 3.8) is 0 Å². The lowest BCUT2D eigenvalue weighted by atomic mass is 9.62. The molecule has 19 heavy (non-hydrogen) atoms. The summed E-state index contributed by atoms with van der Waals surface area (Å²) >= 11 is 0. The number of hydrogen-bond acceptors (Lipinski definition) is 2. The fourth-order valence-electron chi connectivity index (χ4n) is 3.92. The molecule has 0 radical (unpaired) electrons. The maximum atomic E-state index is 9.85. The molecule has 1 atom stereocenters. The maximum Gasteiger partial charge on any atom is 0.0502 e. The molecule has 0 amide bonds. The fraction of sp³-hybridized carbons (Fsp3) is 0.647. The first-order valence-electron chi connectivity index (χ1n) is 7.73. The van der Waals surface area contributed by atoms with Crippen molar-refractivity contribution in [2.45, 2.75) is 51.1 Å². The SMILES string of the molecule is OCC1(C2CCCCN2Cc2ccccc2)CCC1. The van der Waals surface area contributed by atoms with E-state index < -0.39 is 0 Å². The molecule has 1 N–H and O–H groups in total. The topological polar surface area (TPSA) is 23.5 Å². The Morgan fingerprint density at radius 1 is 1.11 bits per heavy atom. The third-order valence-corrected chi connectivity index (χ3v) is 5.21. The second-order valence-electron chi connectivity index (χ2n) is 6.34. The molecule has 1 aromatic rings. The first-order chi connectivity index (χ1) is 9.34. The predicted octanol–water partition coefficient (Wildman–Crippen LogP) is 3.20. The van der Waals surface area contributed by atoms with Crippen LogP contribution in [0.15, 0.2) is 30.3 Å². The van der Waals surface area contributed by atoms with Gasteiger partial charge in [0.2, 0.25) is 0 Å². The molecule has 0 spiro atoms. The monoisotopic (exact) mass is 259 g/mol. The quantitative estimate of drug-likeness (QED) is 0.897. The number of likely N-dealkylation sites (tertiary alicyclic amines) is 1. The number of piperidine rings is 1. The Balaban J connectivity index is 1.74. The molecule has 0 bridgehead atoms. The molecule has 1 aliphatic heterocycles. The normalized spacial score (nSPS) is 26.9. The number of nitrogens with zero attached hydrogens (tertiary/aromatic N) is 1. The first kappa shape index (κ1) is 13.1. The molecular formula is C17H25NO. The van der Waals surface area contributed by atoms with Crippen LogP contribution in [-0.4, -0.2) is 29.2 Å². The fourth-order valence-corrected chi connectivity index (χ4v) is 3.92. The Kier molecular flexibility index (Phi) is 3.90. The first-order valence-corrected chi connectivity index (χ1v) is 7.73. The van der Waals surface area contributed by atoms with E-state index in [0.717, 1.165) is 6.54 Å². The van der Waals surface area contributed by atoms with Gasteiger partial charge in [-0.1, -0.05) is 43.2 Å². The van der Waals surface area contributed by atoms with Crippen molar-refractivity contribution in [2.75, 3.05) is 13.2 Å². The zero-order valence-corrected chi connectivity index (χ0v) is 11.7. The van der Waals surface area contributed by atoms with E-state index in [9.17, 15) is 5.11 Å². The van der Waals surface area contributed by atoms with Crippen molar-refractivity contribution in [3.05, 3.63) is 35.9 Å². The van der Waals surface area contributed by atoms with Crippen LogP contribution in [0.5, 0.6) is 0 Å². The molecule has 1 heterocycles. The van der Waals surface area contributed by atoms with E-state index in [1.165, 1.54) is 50.6 Å². The molecule has 2 nitrogen and oxygen atoms in total. The summed E-state index contributed by atoms with van der Waals surface area (Å²) in [6, 6.07) is 11.4. The van der Waals surface area contributed by atoms with Gasteiger partial charge in [-0.15, -0.1) is 0 Å². The van der Waals surface area contributed by atoms with Gasteiger partial charge >= 0.3 is 0 Å². The van der Waals surface area contributed by atoms with E-state index in [1.54, 1.807) is 0 Å². The Hall–Kier alpha value is -0.860. The standard InChI is InChI=1S/C17H25NO/c19-14-17(10-6-11-17)16-9-4-5-12-18(16)13-15-7-2-1-3-8-15/h1-3,7-8,16,19H,4-6,9-14H2. The van der Waals surface area contributed by atoms with Crippen molar-refractivity contribution in [2.24, 2.45) is 5.41 Å². The summed E-state index contributed by atoms with van der Waals surface area (Å²) in [5.41, 5.74) is 1.62. The molecule has 1 saturated carbocycles. The second-order valence-corrected chi connectivity index (χ2v) is 6.34. The van der Waals surface area contributed by atoms with E-state index in [-0.39, 0.29) is 5.41 Å². The Morgan fingerprint density at radius 2 is 1.89 bits per heavy atom. The number of rotatable bonds is 4. The number of benzene rings is 1. The molecule has 2 fully saturated rings. The van der Waals surface area contributed by atoms with Gasteiger partial charge in [0, 0.05) is 18.0 Å². The molecule has 1 aliphatic carbocycles. The van der Waals surface area contributed by atoms with Crippen LogP contribution in [0.25, 0.3) is 0 Å². The summed E-state index contributed by atoms with van der Waals surface area (Å²) < 4.78 is 0. The van der Waals surface area contributed by atoms with E-state index >= 15 is 0 Å².